The van der Waals surface area contributed by atoms with Gasteiger partial charge in [-0.1, -0.05) is 11.6 Å². The molecule has 128 valence electrons. The van der Waals surface area contributed by atoms with Crippen molar-refractivity contribution in [2.75, 3.05) is 22.4 Å². The van der Waals surface area contributed by atoms with E-state index in [4.69, 9.17) is 11.6 Å². The van der Waals surface area contributed by atoms with Crippen LogP contribution in [0.15, 0.2) is 42.5 Å². The van der Waals surface area contributed by atoms with Gasteiger partial charge in [0, 0.05) is 16.8 Å². The summed E-state index contributed by atoms with van der Waals surface area (Å²) in [6.45, 7) is -0.528. The number of sulfonamides is 1. The number of hydrogen-bond donors (Lipinski definition) is 1. The number of amides is 1. The van der Waals surface area contributed by atoms with E-state index in [2.05, 4.69) is 5.32 Å². The van der Waals surface area contributed by atoms with Gasteiger partial charge >= 0.3 is 0 Å². The Bertz CT molecular complexity index is 858. The fraction of sp³-hybridized carbons (Fsp3) is 0.133. The van der Waals surface area contributed by atoms with Crippen LogP contribution < -0.4 is 9.62 Å². The number of nitrogens with one attached hydrogen (secondary N) is 1. The molecule has 1 N–H and O–H groups in total. The second kappa shape index (κ2) is 7.14. The maximum atomic E-state index is 13.1. The Kier molecular flexibility index (Phi) is 5.40. The van der Waals surface area contributed by atoms with E-state index in [-0.39, 0.29) is 11.4 Å². The second-order valence-electron chi connectivity index (χ2n) is 4.92. The van der Waals surface area contributed by atoms with Gasteiger partial charge in [-0.15, -0.1) is 0 Å². The molecule has 0 saturated heterocycles. The molecule has 0 aliphatic carbocycles. The molecule has 1 amide bonds. The second-order valence-corrected chi connectivity index (χ2v) is 7.27. The minimum atomic E-state index is -3.74. The van der Waals surface area contributed by atoms with Gasteiger partial charge in [-0.05, 0) is 36.4 Å². The smallest absolute Gasteiger partial charge is 0.245 e. The van der Waals surface area contributed by atoms with Crippen molar-refractivity contribution < 1.29 is 22.0 Å². The average molecular weight is 375 g/mol. The number of carbonyl (C=O) groups is 1. The molecule has 0 atom stereocenters. The minimum Gasteiger partial charge on any atom is -0.324 e. The highest BCUT2D eigenvalue weighted by Gasteiger charge is 2.21. The first-order chi connectivity index (χ1) is 11.2. The molecule has 9 heteroatoms. The third kappa shape index (κ3) is 4.65. The van der Waals surface area contributed by atoms with Crippen LogP contribution in [0.4, 0.5) is 20.2 Å². The fourth-order valence-electron chi connectivity index (χ4n) is 1.91. The zero-order valence-corrected chi connectivity index (χ0v) is 14.0. The molecule has 0 saturated carbocycles. The molecular formula is C15H13ClF2N2O3S. The lowest BCUT2D eigenvalue weighted by Crippen LogP contribution is -2.37. The molecule has 24 heavy (non-hydrogen) atoms. The van der Waals surface area contributed by atoms with E-state index in [1.165, 1.54) is 30.3 Å². The van der Waals surface area contributed by atoms with Crippen LogP contribution in [0, 0.1) is 11.6 Å². The summed E-state index contributed by atoms with van der Waals surface area (Å²) in [5.41, 5.74) is 0.269. The number of hydrogen-bond acceptors (Lipinski definition) is 3. The van der Waals surface area contributed by atoms with Crippen LogP contribution in [0.1, 0.15) is 0 Å². The van der Waals surface area contributed by atoms with Gasteiger partial charge in [0.25, 0.3) is 0 Å². The summed E-state index contributed by atoms with van der Waals surface area (Å²) in [4.78, 5) is 12.0. The molecule has 0 spiro atoms. The van der Waals surface area contributed by atoms with Crippen molar-refractivity contribution in [1.29, 1.82) is 0 Å². The molecule has 0 aromatic heterocycles. The van der Waals surface area contributed by atoms with Gasteiger partial charge in [0.05, 0.1) is 11.9 Å². The van der Waals surface area contributed by atoms with E-state index < -0.39 is 34.1 Å². The topological polar surface area (TPSA) is 66.5 Å². The first-order valence-corrected chi connectivity index (χ1v) is 8.87. The fourth-order valence-corrected chi connectivity index (χ4v) is 2.89. The highest BCUT2D eigenvalue weighted by molar-refractivity contribution is 7.92. The molecule has 0 aliphatic rings. The molecule has 0 radical (unpaired) electrons. The van der Waals surface area contributed by atoms with Crippen LogP contribution in [0.25, 0.3) is 0 Å². The van der Waals surface area contributed by atoms with Gasteiger partial charge in [0.2, 0.25) is 15.9 Å². The maximum Gasteiger partial charge on any atom is 0.245 e. The van der Waals surface area contributed by atoms with Crippen LogP contribution >= 0.6 is 11.6 Å². The lowest BCUT2D eigenvalue weighted by molar-refractivity contribution is -0.114. The first kappa shape index (κ1) is 18.2. The van der Waals surface area contributed by atoms with Crippen LogP contribution in [-0.4, -0.2) is 27.1 Å². The number of anilines is 2. The van der Waals surface area contributed by atoms with E-state index in [9.17, 15) is 22.0 Å². The zero-order chi connectivity index (χ0) is 17.9. The van der Waals surface area contributed by atoms with Crippen molar-refractivity contribution in [2.24, 2.45) is 0 Å². The van der Waals surface area contributed by atoms with Crippen LogP contribution in [0.5, 0.6) is 0 Å². The molecule has 0 aliphatic heterocycles. The maximum absolute atomic E-state index is 13.1. The Morgan fingerprint density at radius 3 is 2.29 bits per heavy atom. The number of carbonyl (C=O) groups excluding carboxylic acids is 1. The summed E-state index contributed by atoms with van der Waals surface area (Å²) in [6.07, 6.45) is 0.951. The van der Waals surface area contributed by atoms with Crippen molar-refractivity contribution >= 4 is 38.9 Å². The quantitative estimate of drug-likeness (QED) is 0.874. The lowest BCUT2D eigenvalue weighted by atomic mass is 10.3. The van der Waals surface area contributed by atoms with Crippen LogP contribution in [0.2, 0.25) is 5.02 Å². The Labute approximate surface area is 142 Å². The average Bonchev–Trinajstić information content (AvgIpc) is 2.49. The normalized spacial score (nSPS) is 11.2. The SMILES string of the molecule is CS(=O)(=O)N(CC(=O)Nc1ccc(F)c(F)c1)c1ccc(Cl)cc1. The summed E-state index contributed by atoms with van der Waals surface area (Å²) < 4.78 is 50.7. The number of halogens is 3. The standard InChI is InChI=1S/C15H13ClF2N2O3S/c1-24(22,23)20(12-5-2-10(16)3-6-12)9-15(21)19-11-4-7-13(17)14(18)8-11/h2-8H,9H2,1H3,(H,19,21). The predicted molar refractivity (Wildman–Crippen MR) is 88.6 cm³/mol. The summed E-state index contributed by atoms with van der Waals surface area (Å²) in [7, 11) is -3.74. The largest absolute Gasteiger partial charge is 0.324 e. The van der Waals surface area contributed by atoms with Crippen molar-refractivity contribution in [3.8, 4) is 0 Å². The van der Waals surface area contributed by atoms with E-state index in [0.29, 0.717) is 5.02 Å². The molecule has 2 rings (SSSR count). The Balaban J connectivity index is 2.18. The van der Waals surface area contributed by atoms with Crippen molar-refractivity contribution in [3.05, 3.63) is 59.1 Å². The number of nitrogens with zero attached hydrogens (tertiary/aromatic N) is 1. The summed E-state index contributed by atoms with van der Waals surface area (Å²) in [5, 5.41) is 2.73. The molecule has 0 bridgehead atoms. The Hall–Kier alpha value is -2.19. The van der Waals surface area contributed by atoms with Gasteiger partial charge in [-0.2, -0.15) is 0 Å². The van der Waals surface area contributed by atoms with Gasteiger partial charge in [0.1, 0.15) is 6.54 Å². The van der Waals surface area contributed by atoms with E-state index in [0.717, 1.165) is 22.7 Å². The molecule has 0 heterocycles. The van der Waals surface area contributed by atoms with Crippen molar-refractivity contribution in [1.82, 2.24) is 0 Å². The van der Waals surface area contributed by atoms with Gasteiger partial charge in [-0.3, -0.25) is 9.10 Å². The molecular weight excluding hydrogens is 362 g/mol. The highest BCUT2D eigenvalue weighted by atomic mass is 35.5. The van der Waals surface area contributed by atoms with Gasteiger partial charge in [-0.25, -0.2) is 17.2 Å². The molecule has 0 fully saturated rings. The number of benzene rings is 2. The Morgan fingerprint density at radius 2 is 1.75 bits per heavy atom. The molecule has 0 unspecified atom stereocenters. The lowest BCUT2D eigenvalue weighted by Gasteiger charge is -2.22. The summed E-state index contributed by atoms with van der Waals surface area (Å²) >= 11 is 5.76. The number of rotatable bonds is 5. The molecule has 2 aromatic carbocycles. The minimum absolute atomic E-state index is 0.0171. The zero-order valence-electron chi connectivity index (χ0n) is 12.5. The first-order valence-electron chi connectivity index (χ1n) is 6.65. The third-order valence-electron chi connectivity index (χ3n) is 3.01. The monoisotopic (exact) mass is 374 g/mol. The van der Waals surface area contributed by atoms with E-state index >= 15 is 0 Å². The predicted octanol–water partition coefficient (Wildman–Crippen LogP) is 3.02. The van der Waals surface area contributed by atoms with Crippen molar-refractivity contribution in [2.45, 2.75) is 0 Å². The molecule has 2 aromatic rings. The molecule has 5 nitrogen and oxygen atoms in total. The third-order valence-corrected chi connectivity index (χ3v) is 4.40. The van der Waals surface area contributed by atoms with Gasteiger partial charge in [0.15, 0.2) is 11.6 Å². The highest BCUT2D eigenvalue weighted by Crippen LogP contribution is 2.20. The van der Waals surface area contributed by atoms with Crippen molar-refractivity contribution in [3.63, 3.8) is 0 Å². The van der Waals surface area contributed by atoms with E-state index in [1.54, 1.807) is 0 Å². The van der Waals surface area contributed by atoms with Gasteiger partial charge < -0.3 is 5.32 Å². The summed E-state index contributed by atoms with van der Waals surface area (Å²) in [5.74, 6) is -2.88. The summed E-state index contributed by atoms with van der Waals surface area (Å²) in [6, 6.07) is 8.72. The van der Waals surface area contributed by atoms with Crippen LogP contribution in [-0.2, 0) is 14.8 Å². The van der Waals surface area contributed by atoms with E-state index in [1.807, 2.05) is 0 Å². The Morgan fingerprint density at radius 1 is 1.12 bits per heavy atom. The van der Waals surface area contributed by atoms with Crippen LogP contribution in [0.3, 0.4) is 0 Å².